The van der Waals surface area contributed by atoms with E-state index in [2.05, 4.69) is 39.8 Å². The van der Waals surface area contributed by atoms with Crippen LogP contribution in [-0.4, -0.2) is 5.84 Å². The average Bonchev–Trinajstić information content (AvgIpc) is 2.60. The van der Waals surface area contributed by atoms with Gasteiger partial charge >= 0.3 is 0 Å². The first-order chi connectivity index (χ1) is 11.2. The van der Waals surface area contributed by atoms with Crippen LogP contribution in [0.2, 0.25) is 0 Å². The smallest absolute Gasteiger partial charge is 0.145 e. The molecular formula is C21H40N2O. The van der Waals surface area contributed by atoms with Crippen LogP contribution in [0.25, 0.3) is 0 Å². The number of hydrogen-bond acceptors (Lipinski definition) is 2. The maximum atomic E-state index is 6.31. The van der Waals surface area contributed by atoms with E-state index in [1.165, 1.54) is 51.4 Å². The Labute approximate surface area is 150 Å². The summed E-state index contributed by atoms with van der Waals surface area (Å²) in [6, 6.07) is 0. The minimum atomic E-state index is -0.116. The Morgan fingerprint density at radius 1 is 1.00 bits per heavy atom. The van der Waals surface area contributed by atoms with E-state index in [-0.39, 0.29) is 10.8 Å². The second kappa shape index (κ2) is 9.48. The number of oxime groups is 1. The summed E-state index contributed by atoms with van der Waals surface area (Å²) < 4.78 is 0. The molecule has 0 atom stereocenters. The molecule has 0 amide bonds. The van der Waals surface area contributed by atoms with E-state index in [0.29, 0.717) is 5.84 Å². The summed E-state index contributed by atoms with van der Waals surface area (Å²) in [6.07, 6.45) is 14.1. The van der Waals surface area contributed by atoms with Gasteiger partial charge in [0, 0.05) is 10.8 Å². The summed E-state index contributed by atoms with van der Waals surface area (Å²) in [5, 5.41) is 4.29. The van der Waals surface area contributed by atoms with Gasteiger partial charge in [0.05, 0.1) is 0 Å². The Bertz CT molecular complexity index is 420. The van der Waals surface area contributed by atoms with Crippen LogP contribution in [0.3, 0.4) is 0 Å². The van der Waals surface area contributed by atoms with E-state index in [4.69, 9.17) is 10.6 Å². The molecule has 3 nitrogen and oxygen atoms in total. The lowest BCUT2D eigenvalue weighted by atomic mass is 9.78. The third-order valence-electron chi connectivity index (χ3n) is 5.21. The van der Waals surface area contributed by atoms with E-state index >= 15 is 0 Å². The molecule has 3 heteroatoms. The lowest BCUT2D eigenvalue weighted by Crippen LogP contribution is -2.34. The maximum absolute atomic E-state index is 6.31. The van der Waals surface area contributed by atoms with Crippen molar-refractivity contribution in [3.05, 3.63) is 11.8 Å². The second-order valence-electron chi connectivity index (χ2n) is 9.12. The molecule has 0 unspecified atom stereocenters. The Kier molecular flexibility index (Phi) is 8.32. The van der Waals surface area contributed by atoms with Crippen LogP contribution < -0.4 is 5.73 Å². The van der Waals surface area contributed by atoms with Crippen molar-refractivity contribution >= 4 is 5.84 Å². The number of amidine groups is 1. The molecule has 1 fully saturated rings. The van der Waals surface area contributed by atoms with Crippen LogP contribution in [0.4, 0.5) is 0 Å². The Balaban J connectivity index is 2.68. The van der Waals surface area contributed by atoms with Gasteiger partial charge in [0.2, 0.25) is 0 Å². The molecule has 0 saturated heterocycles. The van der Waals surface area contributed by atoms with E-state index in [9.17, 15) is 0 Å². The van der Waals surface area contributed by atoms with Gasteiger partial charge in [-0.1, -0.05) is 91.1 Å². The summed E-state index contributed by atoms with van der Waals surface area (Å²) in [5.74, 6) is 2.24. The van der Waals surface area contributed by atoms with Gasteiger partial charge < -0.3 is 10.6 Å². The van der Waals surface area contributed by atoms with E-state index in [0.717, 1.165) is 18.1 Å². The normalized spacial score (nSPS) is 20.2. The first kappa shape index (κ1) is 21.1. The molecule has 0 aromatic carbocycles. The predicted octanol–water partition coefficient (Wildman–Crippen LogP) is 6.39. The van der Waals surface area contributed by atoms with E-state index in [1.54, 1.807) is 0 Å². The SMILES string of the molecule is C/C=C(\O/N=C(\N)C(C)(C)CC1CCCCCCCC1)C(C)(C)C. The predicted molar refractivity (Wildman–Crippen MR) is 105 cm³/mol. The average molecular weight is 337 g/mol. The highest BCUT2D eigenvalue weighted by Crippen LogP contribution is 2.34. The molecule has 140 valence electrons. The molecule has 1 rings (SSSR count). The fourth-order valence-corrected chi connectivity index (χ4v) is 3.59. The van der Waals surface area contributed by atoms with Gasteiger partial charge in [0.15, 0.2) is 0 Å². The van der Waals surface area contributed by atoms with Crippen LogP contribution in [0.5, 0.6) is 0 Å². The van der Waals surface area contributed by atoms with Gasteiger partial charge in [0.1, 0.15) is 11.6 Å². The van der Waals surface area contributed by atoms with Crippen LogP contribution in [0.1, 0.15) is 99.3 Å². The number of allylic oxidation sites excluding steroid dienone is 2. The van der Waals surface area contributed by atoms with E-state index in [1.807, 2.05) is 13.0 Å². The van der Waals surface area contributed by atoms with Crippen molar-refractivity contribution in [2.24, 2.45) is 27.6 Å². The van der Waals surface area contributed by atoms with Gasteiger partial charge in [-0.15, -0.1) is 0 Å². The topological polar surface area (TPSA) is 47.6 Å². The van der Waals surface area contributed by atoms with Crippen molar-refractivity contribution in [3.63, 3.8) is 0 Å². The van der Waals surface area contributed by atoms with E-state index < -0.39 is 0 Å². The van der Waals surface area contributed by atoms with Crippen molar-refractivity contribution in [1.82, 2.24) is 0 Å². The minimum absolute atomic E-state index is 0.0551. The lowest BCUT2D eigenvalue weighted by Gasteiger charge is -2.29. The van der Waals surface area contributed by atoms with Crippen LogP contribution in [0, 0.1) is 16.7 Å². The molecule has 0 aliphatic heterocycles. The summed E-state index contributed by atoms with van der Waals surface area (Å²) >= 11 is 0. The fourth-order valence-electron chi connectivity index (χ4n) is 3.59. The molecule has 0 aromatic heterocycles. The van der Waals surface area contributed by atoms with Gasteiger partial charge in [-0.2, -0.15) is 0 Å². The highest BCUT2D eigenvalue weighted by Gasteiger charge is 2.28. The molecule has 0 heterocycles. The number of nitrogens with two attached hydrogens (primary N) is 1. The number of nitrogens with zero attached hydrogens (tertiary/aromatic N) is 1. The van der Waals surface area contributed by atoms with Crippen molar-refractivity contribution in [2.75, 3.05) is 0 Å². The van der Waals surface area contributed by atoms with Crippen molar-refractivity contribution in [3.8, 4) is 0 Å². The zero-order chi connectivity index (χ0) is 18.2. The van der Waals surface area contributed by atoms with Gasteiger partial charge in [-0.3, -0.25) is 0 Å². The fraction of sp³-hybridized carbons (Fsp3) is 0.857. The van der Waals surface area contributed by atoms with Gasteiger partial charge in [0.25, 0.3) is 0 Å². The second-order valence-corrected chi connectivity index (χ2v) is 9.12. The molecule has 0 aromatic rings. The standard InChI is InChI=1S/C21H40N2O/c1-7-18(20(2,3)4)24-23-19(22)21(5,6)16-17-14-12-10-8-9-11-13-15-17/h7,17H,8-16H2,1-6H3,(H2,22,23)/b18-7-. The molecule has 0 bridgehead atoms. The van der Waals surface area contributed by atoms with Crippen LogP contribution in [-0.2, 0) is 4.84 Å². The molecule has 1 saturated carbocycles. The maximum Gasteiger partial charge on any atom is 0.145 e. The molecule has 1 aliphatic rings. The largest absolute Gasteiger partial charge is 0.384 e. The highest BCUT2D eigenvalue weighted by molar-refractivity contribution is 5.85. The molecule has 24 heavy (non-hydrogen) atoms. The Morgan fingerprint density at radius 3 is 1.96 bits per heavy atom. The molecule has 1 aliphatic carbocycles. The first-order valence-electron chi connectivity index (χ1n) is 9.84. The first-order valence-corrected chi connectivity index (χ1v) is 9.84. The lowest BCUT2D eigenvalue weighted by molar-refractivity contribution is 0.155. The molecule has 0 spiro atoms. The number of rotatable bonds is 5. The third kappa shape index (κ3) is 7.27. The molecule has 2 N–H and O–H groups in total. The van der Waals surface area contributed by atoms with Crippen molar-refractivity contribution < 1.29 is 4.84 Å². The summed E-state index contributed by atoms with van der Waals surface area (Å²) in [6.45, 7) is 12.8. The summed E-state index contributed by atoms with van der Waals surface area (Å²) in [4.78, 5) is 5.68. The minimum Gasteiger partial charge on any atom is -0.384 e. The van der Waals surface area contributed by atoms with Crippen LogP contribution in [0.15, 0.2) is 17.0 Å². The Morgan fingerprint density at radius 2 is 1.50 bits per heavy atom. The zero-order valence-electron chi connectivity index (χ0n) is 17.0. The number of hydrogen-bond donors (Lipinski definition) is 1. The van der Waals surface area contributed by atoms with Crippen LogP contribution >= 0.6 is 0 Å². The highest BCUT2D eigenvalue weighted by atomic mass is 16.6. The molecular weight excluding hydrogens is 296 g/mol. The summed E-state index contributed by atoms with van der Waals surface area (Å²) in [5.41, 5.74) is 6.14. The Hall–Kier alpha value is -0.990. The van der Waals surface area contributed by atoms with Crippen molar-refractivity contribution in [1.29, 1.82) is 0 Å². The zero-order valence-corrected chi connectivity index (χ0v) is 17.0. The van der Waals surface area contributed by atoms with Crippen molar-refractivity contribution in [2.45, 2.75) is 99.3 Å². The molecule has 0 radical (unpaired) electrons. The monoisotopic (exact) mass is 336 g/mol. The quantitative estimate of drug-likeness (QED) is 0.273. The third-order valence-corrected chi connectivity index (χ3v) is 5.21. The van der Waals surface area contributed by atoms with Gasteiger partial charge in [-0.05, 0) is 25.3 Å². The summed E-state index contributed by atoms with van der Waals surface area (Å²) in [7, 11) is 0. The van der Waals surface area contributed by atoms with Gasteiger partial charge in [-0.25, -0.2) is 0 Å².